The molecule has 1 aromatic carbocycles. The molecule has 0 amide bonds. The number of hydrogen-bond donors (Lipinski definition) is 0. The fraction of sp³-hybridized carbons (Fsp3) is 0.111. The van der Waals surface area contributed by atoms with Gasteiger partial charge in [-0.2, -0.15) is 5.26 Å². The van der Waals surface area contributed by atoms with E-state index in [0.717, 1.165) is 6.07 Å². The lowest BCUT2D eigenvalue weighted by atomic mass is 10.1. The molecular weight excluding hydrogens is 209 g/mol. The molecule has 0 radical (unpaired) electrons. The molecule has 0 aliphatic rings. The van der Waals surface area contributed by atoms with Gasteiger partial charge in [0.2, 0.25) is 0 Å². The fourth-order valence-electron chi connectivity index (χ4n) is 0.916. The van der Waals surface area contributed by atoms with Crippen LogP contribution >= 0.6 is 11.6 Å². The van der Waals surface area contributed by atoms with Gasteiger partial charge in [-0.05, 0) is 12.1 Å². The molecule has 0 heterocycles. The average Bonchev–Trinajstić information content (AvgIpc) is 2.16. The summed E-state index contributed by atoms with van der Waals surface area (Å²) in [5.74, 6) is -1.53. The molecule has 3 nitrogen and oxygen atoms in total. The Hall–Kier alpha value is -1.60. The molecule has 72 valence electrons. The van der Waals surface area contributed by atoms with E-state index in [1.54, 1.807) is 6.07 Å². The summed E-state index contributed by atoms with van der Waals surface area (Å²) in [4.78, 5) is 11.0. The number of benzene rings is 1. The van der Waals surface area contributed by atoms with Crippen molar-refractivity contribution in [1.82, 2.24) is 0 Å². The Bertz CT molecular complexity index is 402. The predicted molar refractivity (Wildman–Crippen MR) is 47.5 cm³/mol. The number of nitriles is 1. The van der Waals surface area contributed by atoms with Gasteiger partial charge in [0.05, 0.1) is 17.7 Å². The van der Waals surface area contributed by atoms with Crippen molar-refractivity contribution in [3.8, 4) is 6.07 Å². The first-order valence-electron chi connectivity index (χ1n) is 3.57. The third-order valence-electron chi connectivity index (χ3n) is 1.58. The number of rotatable bonds is 1. The molecular formula is C9H5ClFNO2. The van der Waals surface area contributed by atoms with E-state index in [-0.39, 0.29) is 16.1 Å². The molecule has 0 atom stereocenters. The normalized spacial score (nSPS) is 9.29. The predicted octanol–water partition coefficient (Wildman–Crippen LogP) is 2.14. The Morgan fingerprint density at radius 1 is 1.64 bits per heavy atom. The lowest BCUT2D eigenvalue weighted by molar-refractivity contribution is 0.0600. The summed E-state index contributed by atoms with van der Waals surface area (Å²) >= 11 is 5.57. The van der Waals surface area contributed by atoms with Crippen LogP contribution in [0.5, 0.6) is 0 Å². The standard InChI is InChI=1S/C9H5ClFNO2/c1-14-9(13)5-2-7(10)6(4-12)8(11)3-5/h2-3H,1H3. The van der Waals surface area contributed by atoms with Gasteiger partial charge in [-0.1, -0.05) is 11.6 Å². The van der Waals surface area contributed by atoms with Gasteiger partial charge in [-0.15, -0.1) is 0 Å². The molecule has 0 unspecified atom stereocenters. The molecule has 0 aliphatic carbocycles. The van der Waals surface area contributed by atoms with Crippen LogP contribution in [-0.4, -0.2) is 13.1 Å². The number of carbonyl (C=O) groups excluding carboxylic acids is 1. The molecule has 0 saturated heterocycles. The largest absolute Gasteiger partial charge is 0.465 e. The van der Waals surface area contributed by atoms with E-state index in [9.17, 15) is 9.18 Å². The van der Waals surface area contributed by atoms with Gasteiger partial charge >= 0.3 is 5.97 Å². The van der Waals surface area contributed by atoms with Crippen molar-refractivity contribution < 1.29 is 13.9 Å². The lowest BCUT2D eigenvalue weighted by Gasteiger charge is -2.01. The number of halogens is 2. The molecule has 0 bridgehead atoms. The second kappa shape index (κ2) is 4.07. The molecule has 1 aromatic rings. The van der Waals surface area contributed by atoms with Crippen LogP contribution in [0.3, 0.4) is 0 Å². The summed E-state index contributed by atoms with van der Waals surface area (Å²) in [6, 6.07) is 3.69. The smallest absolute Gasteiger partial charge is 0.338 e. The summed E-state index contributed by atoms with van der Waals surface area (Å²) < 4.78 is 17.5. The molecule has 0 saturated carbocycles. The maximum Gasteiger partial charge on any atom is 0.338 e. The molecule has 14 heavy (non-hydrogen) atoms. The van der Waals surface area contributed by atoms with E-state index in [1.807, 2.05) is 0 Å². The molecule has 0 N–H and O–H groups in total. The molecule has 0 aromatic heterocycles. The minimum Gasteiger partial charge on any atom is -0.465 e. The van der Waals surface area contributed by atoms with E-state index in [2.05, 4.69) is 4.74 Å². The zero-order chi connectivity index (χ0) is 10.7. The Morgan fingerprint density at radius 2 is 2.29 bits per heavy atom. The monoisotopic (exact) mass is 213 g/mol. The Kier molecular flexibility index (Phi) is 3.05. The second-order valence-electron chi connectivity index (χ2n) is 2.42. The lowest BCUT2D eigenvalue weighted by Crippen LogP contribution is -2.02. The Labute approximate surface area is 84.7 Å². The van der Waals surface area contributed by atoms with Gasteiger partial charge in [0, 0.05) is 0 Å². The summed E-state index contributed by atoms with van der Waals surface area (Å²) in [7, 11) is 1.17. The number of methoxy groups -OCH3 is 1. The topological polar surface area (TPSA) is 50.1 Å². The van der Waals surface area contributed by atoms with E-state index in [1.165, 1.54) is 13.2 Å². The van der Waals surface area contributed by atoms with Crippen LogP contribution in [-0.2, 0) is 4.74 Å². The van der Waals surface area contributed by atoms with Gasteiger partial charge < -0.3 is 4.74 Å². The van der Waals surface area contributed by atoms with E-state index >= 15 is 0 Å². The van der Waals surface area contributed by atoms with Crippen molar-refractivity contribution in [2.45, 2.75) is 0 Å². The number of carbonyl (C=O) groups is 1. The van der Waals surface area contributed by atoms with Crippen molar-refractivity contribution in [1.29, 1.82) is 5.26 Å². The van der Waals surface area contributed by atoms with E-state index < -0.39 is 11.8 Å². The fourth-order valence-corrected chi connectivity index (χ4v) is 1.17. The number of esters is 1. The molecule has 5 heteroatoms. The van der Waals surface area contributed by atoms with E-state index in [0.29, 0.717) is 0 Å². The molecule has 0 fully saturated rings. The third-order valence-corrected chi connectivity index (χ3v) is 1.87. The van der Waals surface area contributed by atoms with Crippen LogP contribution in [0.25, 0.3) is 0 Å². The van der Waals surface area contributed by atoms with Crippen molar-refractivity contribution >= 4 is 17.6 Å². The minimum absolute atomic E-state index is 0.0194. The second-order valence-corrected chi connectivity index (χ2v) is 2.83. The first-order valence-corrected chi connectivity index (χ1v) is 3.95. The number of nitrogens with zero attached hydrogens (tertiary/aromatic N) is 1. The highest BCUT2D eigenvalue weighted by atomic mass is 35.5. The van der Waals surface area contributed by atoms with Crippen molar-refractivity contribution in [3.05, 3.63) is 34.1 Å². The zero-order valence-corrected chi connectivity index (χ0v) is 7.93. The van der Waals surface area contributed by atoms with Crippen molar-refractivity contribution in [2.24, 2.45) is 0 Å². The highest BCUT2D eigenvalue weighted by Gasteiger charge is 2.13. The van der Waals surface area contributed by atoms with Crippen LogP contribution < -0.4 is 0 Å². The Morgan fingerprint density at radius 3 is 2.71 bits per heavy atom. The summed E-state index contributed by atoms with van der Waals surface area (Å²) in [6.45, 7) is 0. The van der Waals surface area contributed by atoms with Gasteiger partial charge in [-0.25, -0.2) is 9.18 Å². The van der Waals surface area contributed by atoms with Gasteiger partial charge in [0.15, 0.2) is 0 Å². The third kappa shape index (κ3) is 1.83. The van der Waals surface area contributed by atoms with Crippen LogP contribution in [0.15, 0.2) is 12.1 Å². The van der Waals surface area contributed by atoms with Crippen molar-refractivity contribution in [2.75, 3.05) is 7.11 Å². The molecule has 0 aliphatic heterocycles. The maximum atomic E-state index is 13.1. The van der Waals surface area contributed by atoms with Crippen LogP contribution in [0.2, 0.25) is 5.02 Å². The maximum absolute atomic E-state index is 13.1. The summed E-state index contributed by atoms with van der Waals surface area (Å²) in [5, 5.41) is 8.39. The first kappa shape index (κ1) is 10.5. The SMILES string of the molecule is COC(=O)c1cc(F)c(C#N)c(Cl)c1. The highest BCUT2D eigenvalue weighted by molar-refractivity contribution is 6.32. The molecule has 1 rings (SSSR count). The molecule has 0 spiro atoms. The van der Waals surface area contributed by atoms with Crippen LogP contribution in [0.1, 0.15) is 15.9 Å². The summed E-state index contributed by atoms with van der Waals surface area (Å²) in [5.41, 5.74) is -0.298. The first-order chi connectivity index (χ1) is 6.60. The Balaban J connectivity index is 3.29. The number of ether oxygens (including phenoxy) is 1. The minimum atomic E-state index is -0.833. The van der Waals surface area contributed by atoms with Gasteiger partial charge in [-0.3, -0.25) is 0 Å². The summed E-state index contributed by atoms with van der Waals surface area (Å²) in [6.07, 6.45) is 0. The van der Waals surface area contributed by atoms with Gasteiger partial charge in [0.1, 0.15) is 17.4 Å². The average molecular weight is 214 g/mol. The quantitative estimate of drug-likeness (QED) is 0.672. The van der Waals surface area contributed by atoms with Crippen molar-refractivity contribution in [3.63, 3.8) is 0 Å². The number of hydrogen-bond acceptors (Lipinski definition) is 3. The highest BCUT2D eigenvalue weighted by Crippen LogP contribution is 2.21. The van der Waals surface area contributed by atoms with Crippen LogP contribution in [0.4, 0.5) is 4.39 Å². The van der Waals surface area contributed by atoms with Gasteiger partial charge in [0.25, 0.3) is 0 Å². The van der Waals surface area contributed by atoms with E-state index in [4.69, 9.17) is 16.9 Å². The zero-order valence-electron chi connectivity index (χ0n) is 7.17. The van der Waals surface area contributed by atoms with Crippen LogP contribution in [0, 0.1) is 17.1 Å².